The fourth-order valence-electron chi connectivity index (χ4n) is 1.57. The summed E-state index contributed by atoms with van der Waals surface area (Å²) < 4.78 is 25.9. The molecule has 5 nitrogen and oxygen atoms in total. The maximum absolute atomic E-state index is 10.8. The van der Waals surface area contributed by atoms with Crippen LogP contribution in [0, 0.1) is 0 Å². The molecule has 1 atom stereocenters. The fourth-order valence-corrected chi connectivity index (χ4v) is 1.83. The van der Waals surface area contributed by atoms with E-state index in [9.17, 15) is 13.5 Å². The van der Waals surface area contributed by atoms with E-state index in [4.69, 9.17) is 0 Å². The number of hydrogen-bond donors (Lipinski definition) is 1. The van der Waals surface area contributed by atoms with Crippen LogP contribution in [0.25, 0.3) is 0 Å². The van der Waals surface area contributed by atoms with Gasteiger partial charge >= 0.3 is 10.1 Å². The third-order valence-electron chi connectivity index (χ3n) is 2.56. The number of hydrogen-bond acceptors (Lipinski definition) is 5. The van der Waals surface area contributed by atoms with E-state index in [2.05, 4.69) is 16.0 Å². The fraction of sp³-hybridized carbons (Fsp3) is 0.357. The SMILES string of the molecule is C=C(Cc1ccccc1)C(O)CC(C)=NOS(C)(=O)=O. The normalized spacial score (nSPS) is 13.8. The monoisotopic (exact) mass is 297 g/mol. The van der Waals surface area contributed by atoms with Gasteiger partial charge in [-0.2, -0.15) is 8.42 Å². The second kappa shape index (κ2) is 7.21. The van der Waals surface area contributed by atoms with E-state index in [0.717, 1.165) is 11.8 Å². The van der Waals surface area contributed by atoms with Crippen molar-refractivity contribution in [2.45, 2.75) is 25.9 Å². The first-order valence-electron chi connectivity index (χ1n) is 6.09. The molecule has 0 saturated heterocycles. The van der Waals surface area contributed by atoms with Gasteiger partial charge in [-0.3, -0.25) is 4.28 Å². The highest BCUT2D eigenvalue weighted by Crippen LogP contribution is 2.13. The predicted molar refractivity (Wildman–Crippen MR) is 78.9 cm³/mol. The minimum Gasteiger partial charge on any atom is -0.388 e. The second-order valence-electron chi connectivity index (χ2n) is 4.65. The molecule has 0 aliphatic heterocycles. The standard InChI is InChI=1S/C14H19NO4S/c1-11(9-13-7-5-4-6-8-13)14(16)10-12(2)15-19-20(3,17)18/h4-8,14,16H,1,9-10H2,2-3H3. The summed E-state index contributed by atoms with van der Waals surface area (Å²) in [6.45, 7) is 5.44. The van der Waals surface area contributed by atoms with Gasteiger partial charge in [0.15, 0.2) is 0 Å². The summed E-state index contributed by atoms with van der Waals surface area (Å²) >= 11 is 0. The summed E-state index contributed by atoms with van der Waals surface area (Å²) in [5.41, 5.74) is 2.08. The molecule has 1 aromatic carbocycles. The summed E-state index contributed by atoms with van der Waals surface area (Å²) in [5, 5.41) is 13.4. The second-order valence-corrected chi connectivity index (χ2v) is 6.20. The average molecular weight is 297 g/mol. The van der Waals surface area contributed by atoms with Crippen molar-refractivity contribution >= 4 is 15.8 Å². The van der Waals surface area contributed by atoms with Gasteiger partial charge in [0.25, 0.3) is 0 Å². The van der Waals surface area contributed by atoms with E-state index >= 15 is 0 Å². The molecule has 0 bridgehead atoms. The summed E-state index contributed by atoms with van der Waals surface area (Å²) in [6.07, 6.45) is 0.861. The molecule has 1 N–H and O–H groups in total. The molecule has 1 unspecified atom stereocenters. The van der Waals surface area contributed by atoms with Crippen LogP contribution in [0.2, 0.25) is 0 Å². The van der Waals surface area contributed by atoms with Crippen molar-refractivity contribution in [3.8, 4) is 0 Å². The number of nitrogens with zero attached hydrogens (tertiary/aromatic N) is 1. The molecular weight excluding hydrogens is 278 g/mol. The molecule has 0 aliphatic carbocycles. The van der Waals surface area contributed by atoms with Gasteiger partial charge in [0, 0.05) is 6.42 Å². The highest BCUT2D eigenvalue weighted by Gasteiger charge is 2.12. The lowest BCUT2D eigenvalue weighted by molar-refractivity contribution is 0.215. The lowest BCUT2D eigenvalue weighted by Crippen LogP contribution is -2.16. The molecule has 1 aromatic rings. The van der Waals surface area contributed by atoms with Crippen LogP contribution in [-0.4, -0.2) is 31.6 Å². The van der Waals surface area contributed by atoms with E-state index < -0.39 is 16.2 Å². The lowest BCUT2D eigenvalue weighted by atomic mass is 9.99. The molecular formula is C14H19NO4S. The Labute approximate surface area is 119 Å². The smallest absolute Gasteiger partial charge is 0.325 e. The Bertz CT molecular complexity index is 578. The van der Waals surface area contributed by atoms with Gasteiger partial charge in [0.1, 0.15) is 0 Å². The molecule has 6 heteroatoms. The molecule has 0 radical (unpaired) electrons. The van der Waals surface area contributed by atoms with Crippen LogP contribution in [0.4, 0.5) is 0 Å². The Morgan fingerprint density at radius 2 is 2.00 bits per heavy atom. The number of benzene rings is 1. The minimum atomic E-state index is -3.62. The molecule has 0 spiro atoms. The summed E-state index contributed by atoms with van der Waals surface area (Å²) in [4.78, 5) is 0. The number of oxime groups is 1. The first-order valence-corrected chi connectivity index (χ1v) is 7.91. The van der Waals surface area contributed by atoms with Crippen LogP contribution >= 0.6 is 0 Å². The topological polar surface area (TPSA) is 76.0 Å². The number of rotatable bonds is 7. The Kier molecular flexibility index (Phi) is 5.91. The third kappa shape index (κ3) is 6.49. The zero-order valence-electron chi connectivity index (χ0n) is 11.6. The molecule has 0 aromatic heterocycles. The first-order chi connectivity index (χ1) is 9.28. The van der Waals surface area contributed by atoms with Gasteiger partial charge in [0.05, 0.1) is 18.1 Å². The summed E-state index contributed by atoms with van der Waals surface area (Å²) in [6, 6.07) is 9.66. The largest absolute Gasteiger partial charge is 0.388 e. The average Bonchev–Trinajstić information content (AvgIpc) is 2.36. The van der Waals surface area contributed by atoms with E-state index in [0.29, 0.717) is 17.7 Å². The van der Waals surface area contributed by atoms with Crippen molar-refractivity contribution in [1.82, 2.24) is 0 Å². The van der Waals surface area contributed by atoms with Crippen LogP contribution in [0.5, 0.6) is 0 Å². The highest BCUT2D eigenvalue weighted by molar-refractivity contribution is 7.85. The van der Waals surface area contributed by atoms with Gasteiger partial charge in [-0.25, -0.2) is 0 Å². The lowest BCUT2D eigenvalue weighted by Gasteiger charge is -2.13. The van der Waals surface area contributed by atoms with Crippen LogP contribution in [0.3, 0.4) is 0 Å². The third-order valence-corrected chi connectivity index (χ3v) is 2.91. The molecule has 0 fully saturated rings. The predicted octanol–water partition coefficient (Wildman–Crippen LogP) is 1.89. The van der Waals surface area contributed by atoms with E-state index in [1.165, 1.54) is 0 Å². The molecule has 0 aliphatic rings. The maximum Gasteiger partial charge on any atom is 0.325 e. The Balaban J connectivity index is 2.53. The highest BCUT2D eigenvalue weighted by atomic mass is 32.2. The van der Waals surface area contributed by atoms with Gasteiger partial charge in [0.2, 0.25) is 0 Å². The minimum absolute atomic E-state index is 0.182. The zero-order chi connectivity index (χ0) is 15.2. The van der Waals surface area contributed by atoms with Crippen LogP contribution in [-0.2, 0) is 20.8 Å². The molecule has 1 rings (SSSR count). The Morgan fingerprint density at radius 3 is 2.55 bits per heavy atom. The number of aliphatic hydroxyl groups is 1. The molecule has 0 heterocycles. The van der Waals surface area contributed by atoms with Crippen molar-refractivity contribution in [3.05, 3.63) is 48.0 Å². The molecule has 20 heavy (non-hydrogen) atoms. The Morgan fingerprint density at radius 1 is 1.40 bits per heavy atom. The van der Waals surface area contributed by atoms with Crippen LogP contribution < -0.4 is 0 Å². The van der Waals surface area contributed by atoms with Gasteiger partial charge in [-0.1, -0.05) is 42.1 Å². The van der Waals surface area contributed by atoms with E-state index in [-0.39, 0.29) is 6.42 Å². The number of aliphatic hydroxyl groups excluding tert-OH is 1. The van der Waals surface area contributed by atoms with Crippen molar-refractivity contribution in [2.75, 3.05) is 6.26 Å². The first kappa shape index (κ1) is 16.4. The summed E-state index contributed by atoms with van der Waals surface area (Å²) in [7, 11) is -3.62. The van der Waals surface area contributed by atoms with Crippen molar-refractivity contribution in [2.24, 2.45) is 5.16 Å². The quantitative estimate of drug-likeness (QED) is 0.474. The van der Waals surface area contributed by atoms with Crippen molar-refractivity contribution < 1.29 is 17.8 Å². The summed E-state index contributed by atoms with van der Waals surface area (Å²) in [5.74, 6) is 0. The van der Waals surface area contributed by atoms with Crippen molar-refractivity contribution in [3.63, 3.8) is 0 Å². The van der Waals surface area contributed by atoms with Crippen molar-refractivity contribution in [1.29, 1.82) is 0 Å². The molecule has 0 amide bonds. The van der Waals surface area contributed by atoms with Gasteiger partial charge < -0.3 is 5.11 Å². The zero-order valence-corrected chi connectivity index (χ0v) is 12.4. The van der Waals surface area contributed by atoms with Gasteiger partial charge in [-0.15, -0.1) is 0 Å². The van der Waals surface area contributed by atoms with Crippen LogP contribution in [0.15, 0.2) is 47.6 Å². The van der Waals surface area contributed by atoms with E-state index in [1.807, 2.05) is 30.3 Å². The maximum atomic E-state index is 10.8. The van der Waals surface area contributed by atoms with Crippen LogP contribution in [0.1, 0.15) is 18.9 Å². The molecule has 110 valence electrons. The van der Waals surface area contributed by atoms with Gasteiger partial charge in [-0.05, 0) is 24.5 Å². The molecule has 0 saturated carbocycles. The Hall–Kier alpha value is -1.66. The van der Waals surface area contributed by atoms with E-state index in [1.54, 1.807) is 6.92 Å².